The summed E-state index contributed by atoms with van der Waals surface area (Å²) in [7, 11) is 0. The fourth-order valence-corrected chi connectivity index (χ4v) is 4.77. The second-order valence-corrected chi connectivity index (χ2v) is 8.98. The number of nitro groups is 1. The van der Waals surface area contributed by atoms with Crippen molar-refractivity contribution in [3.63, 3.8) is 0 Å². The van der Waals surface area contributed by atoms with E-state index < -0.39 is 4.92 Å². The quantitative estimate of drug-likeness (QED) is 0.249. The summed E-state index contributed by atoms with van der Waals surface area (Å²) < 4.78 is 0.996. The zero-order valence-corrected chi connectivity index (χ0v) is 18.5. The minimum Gasteiger partial charge on any atom is -0.366 e. The van der Waals surface area contributed by atoms with Gasteiger partial charge in [0, 0.05) is 52.2 Å². The molecule has 11 heteroatoms. The molecule has 0 aromatic carbocycles. The third-order valence-corrected chi connectivity index (χ3v) is 6.49. The van der Waals surface area contributed by atoms with E-state index in [1.54, 1.807) is 41.1 Å². The summed E-state index contributed by atoms with van der Waals surface area (Å²) in [5.74, 6) is 3.74. The number of nitrogens with zero attached hydrogens (tertiary/aromatic N) is 3. The van der Waals surface area contributed by atoms with Crippen LogP contribution in [0.2, 0.25) is 0 Å². The SMILES string of the molecule is O=[N+]([O-])/C=C(\NCCSCc1cscn1)NCCSCc1ncccc1Br. The van der Waals surface area contributed by atoms with Crippen LogP contribution in [0.5, 0.6) is 0 Å². The second kappa shape index (κ2) is 13.0. The summed E-state index contributed by atoms with van der Waals surface area (Å²) in [5, 5.41) is 19.0. The maximum Gasteiger partial charge on any atom is 0.274 e. The summed E-state index contributed by atoms with van der Waals surface area (Å²) in [4.78, 5) is 18.9. The first-order chi connectivity index (χ1) is 13.1. The highest BCUT2D eigenvalue weighted by atomic mass is 79.9. The molecule has 27 heavy (non-hydrogen) atoms. The normalized spacial score (nSPS) is 11.4. The number of hydrogen-bond acceptors (Lipinski definition) is 9. The van der Waals surface area contributed by atoms with E-state index in [2.05, 4.69) is 36.5 Å². The van der Waals surface area contributed by atoms with Gasteiger partial charge in [-0.2, -0.15) is 23.5 Å². The van der Waals surface area contributed by atoms with Gasteiger partial charge >= 0.3 is 0 Å². The number of thioether (sulfide) groups is 2. The lowest BCUT2D eigenvalue weighted by Gasteiger charge is -2.11. The fraction of sp³-hybridized carbons (Fsp3) is 0.375. The van der Waals surface area contributed by atoms with Gasteiger partial charge in [0.1, 0.15) is 0 Å². The molecule has 2 aromatic heterocycles. The molecule has 0 bridgehead atoms. The van der Waals surface area contributed by atoms with Gasteiger partial charge in [-0.25, -0.2) is 4.98 Å². The topological polar surface area (TPSA) is 93.0 Å². The van der Waals surface area contributed by atoms with Gasteiger partial charge in [0.05, 0.1) is 21.8 Å². The Balaban J connectivity index is 1.62. The van der Waals surface area contributed by atoms with Crippen LogP contribution < -0.4 is 10.6 Å². The lowest BCUT2D eigenvalue weighted by Crippen LogP contribution is -2.30. The Morgan fingerprint density at radius 3 is 2.63 bits per heavy atom. The van der Waals surface area contributed by atoms with Crippen LogP contribution >= 0.6 is 50.8 Å². The van der Waals surface area contributed by atoms with Crippen molar-refractivity contribution in [1.82, 2.24) is 20.6 Å². The number of rotatable bonds is 13. The maximum atomic E-state index is 10.8. The molecule has 0 aliphatic rings. The van der Waals surface area contributed by atoms with E-state index in [4.69, 9.17) is 0 Å². The molecule has 2 rings (SSSR count). The summed E-state index contributed by atoms with van der Waals surface area (Å²) in [5.41, 5.74) is 3.89. The molecule has 0 aliphatic heterocycles. The predicted octanol–water partition coefficient (Wildman–Crippen LogP) is 3.72. The van der Waals surface area contributed by atoms with Crippen molar-refractivity contribution in [2.75, 3.05) is 24.6 Å². The van der Waals surface area contributed by atoms with Gasteiger partial charge in [-0.1, -0.05) is 0 Å². The Hall–Kier alpha value is -1.30. The summed E-state index contributed by atoms with van der Waals surface area (Å²) >= 11 is 8.53. The minimum absolute atomic E-state index is 0.439. The van der Waals surface area contributed by atoms with Crippen molar-refractivity contribution in [3.8, 4) is 0 Å². The van der Waals surface area contributed by atoms with Gasteiger partial charge in [0.15, 0.2) is 5.82 Å². The Kier molecular flexibility index (Phi) is 10.6. The monoisotopic (exact) mass is 489 g/mol. The molecular formula is C16H20BrN5O2S3. The number of nitrogens with one attached hydrogen (secondary N) is 2. The van der Waals surface area contributed by atoms with Crippen molar-refractivity contribution in [3.05, 3.63) is 67.2 Å². The molecule has 0 fully saturated rings. The number of halogens is 1. The predicted molar refractivity (Wildman–Crippen MR) is 117 cm³/mol. The Morgan fingerprint density at radius 2 is 2.00 bits per heavy atom. The summed E-state index contributed by atoms with van der Waals surface area (Å²) in [6.45, 7) is 1.28. The number of hydrogen-bond donors (Lipinski definition) is 2. The van der Waals surface area contributed by atoms with E-state index in [9.17, 15) is 10.1 Å². The largest absolute Gasteiger partial charge is 0.366 e. The fourth-order valence-electron chi connectivity index (χ4n) is 1.95. The average Bonchev–Trinajstić information content (AvgIpc) is 3.15. The lowest BCUT2D eigenvalue weighted by atomic mass is 10.4. The minimum atomic E-state index is -0.449. The first-order valence-electron chi connectivity index (χ1n) is 8.10. The smallest absolute Gasteiger partial charge is 0.274 e. The first kappa shape index (κ1) is 22.0. The molecule has 0 unspecified atom stereocenters. The molecule has 2 aromatic rings. The highest BCUT2D eigenvalue weighted by Gasteiger charge is 2.04. The summed E-state index contributed by atoms with van der Waals surface area (Å²) in [6.07, 6.45) is 2.75. The Bertz CT molecular complexity index is 731. The third kappa shape index (κ3) is 9.45. The van der Waals surface area contributed by atoms with Crippen molar-refractivity contribution < 1.29 is 4.92 Å². The van der Waals surface area contributed by atoms with Gasteiger partial charge in [-0.3, -0.25) is 15.1 Å². The second-order valence-electron chi connectivity index (χ2n) is 5.20. The molecule has 0 amide bonds. The maximum absolute atomic E-state index is 10.8. The van der Waals surface area contributed by atoms with Crippen LogP contribution in [-0.2, 0) is 11.5 Å². The van der Waals surface area contributed by atoms with E-state index in [0.29, 0.717) is 18.9 Å². The van der Waals surface area contributed by atoms with Gasteiger partial charge in [0.2, 0.25) is 0 Å². The highest BCUT2D eigenvalue weighted by molar-refractivity contribution is 9.10. The number of pyridine rings is 1. The zero-order chi connectivity index (χ0) is 19.3. The zero-order valence-electron chi connectivity index (χ0n) is 14.5. The molecule has 2 heterocycles. The van der Waals surface area contributed by atoms with Gasteiger partial charge in [-0.05, 0) is 28.1 Å². The number of thiazole rings is 1. The van der Waals surface area contributed by atoms with Crippen LogP contribution in [0.1, 0.15) is 11.4 Å². The first-order valence-corrected chi connectivity index (χ1v) is 12.1. The molecule has 0 saturated carbocycles. The molecule has 146 valence electrons. The molecule has 0 saturated heterocycles. The third-order valence-electron chi connectivity index (χ3n) is 3.17. The molecule has 7 nitrogen and oxygen atoms in total. The van der Waals surface area contributed by atoms with E-state index in [-0.39, 0.29) is 0 Å². The molecule has 0 aliphatic carbocycles. The standard InChI is InChI=1S/C16H20BrN5O2S3/c17-14-2-1-3-18-15(14)11-26-7-5-20-16(8-22(23)24)19-4-6-25-9-13-10-27-12-21-13/h1-3,8,10,12,19-20H,4-7,9,11H2/b16-8+. The van der Waals surface area contributed by atoms with Gasteiger partial charge in [0.25, 0.3) is 6.20 Å². The van der Waals surface area contributed by atoms with Crippen molar-refractivity contribution in [2.45, 2.75) is 11.5 Å². The van der Waals surface area contributed by atoms with Crippen LogP contribution in [0.4, 0.5) is 0 Å². The van der Waals surface area contributed by atoms with Crippen molar-refractivity contribution in [2.24, 2.45) is 0 Å². The molecule has 0 atom stereocenters. The van der Waals surface area contributed by atoms with Gasteiger partial charge < -0.3 is 10.6 Å². The molecule has 0 radical (unpaired) electrons. The number of aromatic nitrogens is 2. The van der Waals surface area contributed by atoms with Crippen LogP contribution in [0, 0.1) is 10.1 Å². The van der Waals surface area contributed by atoms with Crippen LogP contribution in [-0.4, -0.2) is 39.5 Å². The van der Waals surface area contributed by atoms with Crippen LogP contribution in [0.25, 0.3) is 0 Å². The van der Waals surface area contributed by atoms with Crippen molar-refractivity contribution >= 4 is 50.8 Å². The molecule has 0 spiro atoms. The van der Waals surface area contributed by atoms with Crippen molar-refractivity contribution in [1.29, 1.82) is 0 Å². The molecule has 2 N–H and O–H groups in total. The highest BCUT2D eigenvalue weighted by Crippen LogP contribution is 2.18. The average molecular weight is 490 g/mol. The van der Waals surface area contributed by atoms with E-state index in [1.165, 1.54) is 0 Å². The van der Waals surface area contributed by atoms with E-state index >= 15 is 0 Å². The lowest BCUT2D eigenvalue weighted by molar-refractivity contribution is -0.404. The van der Waals surface area contributed by atoms with E-state index in [1.807, 2.05) is 23.0 Å². The Morgan fingerprint density at radius 1 is 1.26 bits per heavy atom. The van der Waals surface area contributed by atoms with Crippen LogP contribution in [0.15, 0.2) is 45.7 Å². The summed E-state index contributed by atoms with van der Waals surface area (Å²) in [6, 6.07) is 3.85. The van der Waals surface area contributed by atoms with E-state index in [0.717, 1.165) is 45.1 Å². The molecular weight excluding hydrogens is 470 g/mol. The van der Waals surface area contributed by atoms with Gasteiger partial charge in [-0.15, -0.1) is 11.3 Å². The Labute approximate surface area is 179 Å². The van der Waals surface area contributed by atoms with Crippen LogP contribution in [0.3, 0.4) is 0 Å².